The van der Waals surface area contributed by atoms with Crippen LogP contribution >= 0.6 is 11.3 Å². The van der Waals surface area contributed by atoms with E-state index in [1.807, 2.05) is 22.6 Å². The minimum absolute atomic E-state index is 0.0533. The number of thiophene rings is 1. The highest BCUT2D eigenvalue weighted by atomic mass is 32.1. The lowest BCUT2D eigenvalue weighted by molar-refractivity contribution is 0.0619. The van der Waals surface area contributed by atoms with Gasteiger partial charge in [0.05, 0.1) is 23.7 Å². The summed E-state index contributed by atoms with van der Waals surface area (Å²) in [6.07, 6.45) is 0. The van der Waals surface area contributed by atoms with E-state index in [1.165, 1.54) is 23.5 Å². The molecule has 2 aromatic heterocycles. The second-order valence-corrected chi connectivity index (χ2v) is 8.09. The zero-order chi connectivity index (χ0) is 19.7. The predicted octanol–water partition coefficient (Wildman–Crippen LogP) is 2.34. The number of hydrogen-bond donors (Lipinski definition) is 1. The Morgan fingerprint density at radius 2 is 1.93 bits per heavy atom. The first-order valence-electron chi connectivity index (χ1n) is 9.39. The molecule has 148 valence electrons. The maximum atomic E-state index is 13.1. The molecule has 0 bridgehead atoms. The number of halogens is 1. The van der Waals surface area contributed by atoms with Crippen LogP contribution in [0.2, 0.25) is 0 Å². The van der Waals surface area contributed by atoms with Gasteiger partial charge in [0.2, 0.25) is 0 Å². The Hall–Kier alpha value is -2.29. The number of fused-ring (bicyclic) bond motifs is 1. The minimum Gasteiger partial charge on any atom is -0.395 e. The molecule has 1 saturated heterocycles. The molecule has 0 radical (unpaired) electrons. The first-order chi connectivity index (χ1) is 13.5. The molecular weight excluding hydrogens is 379 g/mol. The zero-order valence-corrected chi connectivity index (χ0v) is 16.6. The van der Waals surface area contributed by atoms with E-state index in [9.17, 15) is 9.18 Å². The average Bonchev–Trinajstić information content (AvgIpc) is 3.25. The minimum atomic E-state index is -0.256. The summed E-state index contributed by atoms with van der Waals surface area (Å²) < 4.78 is 15.0. The van der Waals surface area contributed by atoms with E-state index < -0.39 is 0 Å². The zero-order valence-electron chi connectivity index (χ0n) is 15.8. The summed E-state index contributed by atoms with van der Waals surface area (Å²) in [5.41, 5.74) is 1.85. The van der Waals surface area contributed by atoms with Crippen molar-refractivity contribution < 1.29 is 14.3 Å². The second kappa shape index (κ2) is 7.98. The number of aryl methyl sites for hydroxylation is 1. The Bertz CT molecular complexity index is 974. The molecule has 0 saturated carbocycles. The number of benzene rings is 1. The standard InChI is InChI=1S/C20H23FN4O2S/c1-14-17-12-18(19(27)24-8-6-23(7-9-24)10-11-26)28-20(17)25(22-14)13-15-2-4-16(21)5-3-15/h2-5,12,26H,6-11,13H2,1H3. The molecule has 1 aliphatic heterocycles. The molecule has 1 amide bonds. The maximum Gasteiger partial charge on any atom is 0.264 e. The Kier molecular flexibility index (Phi) is 5.43. The molecule has 1 aliphatic rings. The molecule has 0 spiro atoms. The SMILES string of the molecule is Cc1nn(Cc2ccc(F)cc2)c2sc(C(=O)N3CCN(CCO)CC3)cc12. The van der Waals surface area contributed by atoms with Crippen molar-refractivity contribution in [1.82, 2.24) is 19.6 Å². The van der Waals surface area contributed by atoms with Gasteiger partial charge in [0, 0.05) is 38.1 Å². The Morgan fingerprint density at radius 1 is 1.21 bits per heavy atom. The van der Waals surface area contributed by atoms with Crippen molar-refractivity contribution >= 4 is 27.5 Å². The fraction of sp³-hybridized carbons (Fsp3) is 0.400. The number of nitrogens with zero attached hydrogens (tertiary/aromatic N) is 4. The third kappa shape index (κ3) is 3.80. The molecule has 0 aliphatic carbocycles. The van der Waals surface area contributed by atoms with Gasteiger partial charge in [-0.3, -0.25) is 14.4 Å². The van der Waals surface area contributed by atoms with Gasteiger partial charge in [-0.15, -0.1) is 11.3 Å². The van der Waals surface area contributed by atoms with Gasteiger partial charge in [-0.2, -0.15) is 5.10 Å². The lowest BCUT2D eigenvalue weighted by Crippen LogP contribution is -2.49. The van der Waals surface area contributed by atoms with E-state index in [1.54, 1.807) is 12.1 Å². The van der Waals surface area contributed by atoms with Crippen molar-refractivity contribution in [2.24, 2.45) is 0 Å². The summed E-state index contributed by atoms with van der Waals surface area (Å²) >= 11 is 1.46. The predicted molar refractivity (Wildman–Crippen MR) is 107 cm³/mol. The molecule has 4 rings (SSSR count). The summed E-state index contributed by atoms with van der Waals surface area (Å²) in [6, 6.07) is 8.34. The van der Waals surface area contributed by atoms with E-state index in [4.69, 9.17) is 5.11 Å². The van der Waals surface area contributed by atoms with Crippen LogP contribution in [-0.4, -0.2) is 69.9 Å². The fourth-order valence-electron chi connectivity index (χ4n) is 3.56. The van der Waals surface area contributed by atoms with Gasteiger partial charge in [0.15, 0.2) is 0 Å². The number of aliphatic hydroxyl groups excluding tert-OH is 1. The van der Waals surface area contributed by atoms with E-state index in [0.29, 0.717) is 26.2 Å². The fourth-order valence-corrected chi connectivity index (χ4v) is 4.69. The van der Waals surface area contributed by atoms with Crippen molar-refractivity contribution in [1.29, 1.82) is 0 Å². The van der Waals surface area contributed by atoms with Gasteiger partial charge in [-0.05, 0) is 30.7 Å². The van der Waals surface area contributed by atoms with Crippen molar-refractivity contribution in [2.45, 2.75) is 13.5 Å². The van der Waals surface area contributed by atoms with E-state index in [0.717, 1.165) is 39.4 Å². The molecule has 0 atom stereocenters. The molecule has 3 heterocycles. The molecule has 1 N–H and O–H groups in total. The molecular formula is C20H23FN4O2S. The number of β-amino-alcohol motifs (C(OH)–C–C–N with tert-alkyl or cyclic N) is 1. The first-order valence-corrected chi connectivity index (χ1v) is 10.2. The van der Waals surface area contributed by atoms with Gasteiger partial charge in [-0.1, -0.05) is 12.1 Å². The Balaban J connectivity index is 1.53. The molecule has 0 unspecified atom stereocenters. The lowest BCUT2D eigenvalue weighted by Gasteiger charge is -2.34. The number of carbonyl (C=O) groups is 1. The van der Waals surface area contributed by atoms with Crippen molar-refractivity contribution in [3.05, 3.63) is 52.3 Å². The molecule has 28 heavy (non-hydrogen) atoms. The van der Waals surface area contributed by atoms with Gasteiger partial charge < -0.3 is 10.0 Å². The van der Waals surface area contributed by atoms with Crippen LogP contribution in [0.25, 0.3) is 10.2 Å². The summed E-state index contributed by atoms with van der Waals surface area (Å²) in [5, 5.41) is 14.6. The number of rotatable bonds is 5. The highest BCUT2D eigenvalue weighted by Gasteiger charge is 2.24. The highest BCUT2D eigenvalue weighted by molar-refractivity contribution is 7.20. The first kappa shape index (κ1) is 19.0. The van der Waals surface area contributed by atoms with Gasteiger partial charge in [-0.25, -0.2) is 4.39 Å². The van der Waals surface area contributed by atoms with Gasteiger partial charge >= 0.3 is 0 Å². The summed E-state index contributed by atoms with van der Waals surface area (Å²) in [6.45, 7) is 6.21. The highest BCUT2D eigenvalue weighted by Crippen LogP contribution is 2.30. The molecule has 3 aromatic rings. The van der Waals surface area contributed by atoms with Crippen LogP contribution in [0.4, 0.5) is 4.39 Å². The summed E-state index contributed by atoms with van der Waals surface area (Å²) in [5.74, 6) is -0.203. The summed E-state index contributed by atoms with van der Waals surface area (Å²) in [4.78, 5) is 18.7. The van der Waals surface area contributed by atoms with Crippen molar-refractivity contribution in [3.8, 4) is 0 Å². The summed E-state index contributed by atoms with van der Waals surface area (Å²) in [7, 11) is 0. The molecule has 6 nitrogen and oxygen atoms in total. The van der Waals surface area contributed by atoms with Crippen LogP contribution in [-0.2, 0) is 6.54 Å². The molecule has 1 fully saturated rings. The maximum absolute atomic E-state index is 13.1. The van der Waals surface area contributed by atoms with Crippen molar-refractivity contribution in [2.75, 3.05) is 39.3 Å². The van der Waals surface area contributed by atoms with Crippen LogP contribution in [0, 0.1) is 12.7 Å². The van der Waals surface area contributed by atoms with E-state index in [2.05, 4.69) is 10.00 Å². The third-order valence-electron chi connectivity index (χ3n) is 5.14. The number of aromatic nitrogens is 2. The monoisotopic (exact) mass is 402 g/mol. The topological polar surface area (TPSA) is 61.6 Å². The molecule has 1 aromatic carbocycles. The van der Waals surface area contributed by atoms with E-state index >= 15 is 0 Å². The van der Waals surface area contributed by atoms with Crippen LogP contribution in [0.15, 0.2) is 30.3 Å². The van der Waals surface area contributed by atoms with Crippen LogP contribution in [0.1, 0.15) is 20.9 Å². The number of hydrogen-bond acceptors (Lipinski definition) is 5. The number of piperazine rings is 1. The van der Waals surface area contributed by atoms with Crippen LogP contribution in [0.3, 0.4) is 0 Å². The van der Waals surface area contributed by atoms with Crippen LogP contribution in [0.5, 0.6) is 0 Å². The Labute approximate surface area is 166 Å². The normalized spacial score (nSPS) is 15.5. The van der Waals surface area contributed by atoms with Gasteiger partial charge in [0.1, 0.15) is 10.6 Å². The second-order valence-electron chi connectivity index (χ2n) is 7.06. The lowest BCUT2D eigenvalue weighted by atomic mass is 10.2. The smallest absolute Gasteiger partial charge is 0.264 e. The Morgan fingerprint density at radius 3 is 2.61 bits per heavy atom. The third-order valence-corrected chi connectivity index (χ3v) is 6.28. The largest absolute Gasteiger partial charge is 0.395 e. The quantitative estimate of drug-likeness (QED) is 0.712. The average molecular weight is 402 g/mol. The van der Waals surface area contributed by atoms with Crippen LogP contribution < -0.4 is 0 Å². The van der Waals surface area contributed by atoms with E-state index in [-0.39, 0.29) is 18.3 Å². The number of amides is 1. The van der Waals surface area contributed by atoms with Crippen molar-refractivity contribution in [3.63, 3.8) is 0 Å². The number of carbonyl (C=O) groups excluding carboxylic acids is 1. The molecule has 8 heteroatoms. The number of aliphatic hydroxyl groups is 1. The van der Waals surface area contributed by atoms with Gasteiger partial charge in [0.25, 0.3) is 5.91 Å².